The summed E-state index contributed by atoms with van der Waals surface area (Å²) in [7, 11) is 0. The summed E-state index contributed by atoms with van der Waals surface area (Å²) in [5.41, 5.74) is 3.28. The second-order valence-electron chi connectivity index (χ2n) is 5.47. The van der Waals surface area contributed by atoms with Gasteiger partial charge in [-0.15, -0.1) is 26.3 Å². The molecule has 0 bridgehead atoms. The van der Waals surface area contributed by atoms with Crippen molar-refractivity contribution in [2.75, 3.05) is 0 Å². The Balaban J connectivity index is -0.000000142. The minimum atomic E-state index is 0.384. The second-order valence-corrected chi connectivity index (χ2v) is 5.47. The molecule has 0 radical (unpaired) electrons. The third-order valence-electron chi connectivity index (χ3n) is 2.61. The first-order chi connectivity index (χ1) is 13.8. The van der Waals surface area contributed by atoms with Gasteiger partial charge in [-0.3, -0.25) is 0 Å². The molecular weight excluding hydrogens is 352 g/mol. The van der Waals surface area contributed by atoms with E-state index in [0.29, 0.717) is 5.75 Å². The summed E-state index contributed by atoms with van der Waals surface area (Å²) in [4.78, 5) is 0. The first-order valence-corrected chi connectivity index (χ1v) is 9.52. The minimum Gasteiger partial charge on any atom is -0.508 e. The van der Waals surface area contributed by atoms with E-state index in [0.717, 1.165) is 11.1 Å². The van der Waals surface area contributed by atoms with Crippen LogP contribution in [-0.2, 0) is 0 Å². The molecule has 0 spiro atoms. The Morgan fingerprint density at radius 3 is 1.24 bits per heavy atom. The number of benzene rings is 2. The Morgan fingerprint density at radius 1 is 0.621 bits per heavy atom. The van der Waals surface area contributed by atoms with Crippen molar-refractivity contribution < 1.29 is 5.11 Å². The van der Waals surface area contributed by atoms with Crippen molar-refractivity contribution >= 4 is 6.08 Å². The van der Waals surface area contributed by atoms with Gasteiger partial charge in [0.05, 0.1) is 0 Å². The van der Waals surface area contributed by atoms with E-state index in [1.807, 2.05) is 90.1 Å². The SMILES string of the molecule is C=CC.C=CC.C=CC.C=CC.C=Cc1ccccc1.Cc1cccc(O)c1C. The lowest BCUT2D eigenvalue weighted by Crippen LogP contribution is -1.78. The monoisotopic (exact) mass is 394 g/mol. The molecule has 29 heavy (non-hydrogen) atoms. The summed E-state index contributed by atoms with van der Waals surface area (Å²) < 4.78 is 0. The highest BCUT2D eigenvalue weighted by molar-refractivity contribution is 5.45. The molecule has 1 heteroatoms. The van der Waals surface area contributed by atoms with Crippen LogP contribution in [0.15, 0.2) is 106 Å². The van der Waals surface area contributed by atoms with Crippen molar-refractivity contribution in [1.82, 2.24) is 0 Å². The summed E-state index contributed by atoms with van der Waals surface area (Å²) in [6.07, 6.45) is 8.83. The maximum atomic E-state index is 9.10. The van der Waals surface area contributed by atoms with E-state index in [1.54, 1.807) is 30.4 Å². The molecular formula is C28H42O. The van der Waals surface area contributed by atoms with Gasteiger partial charge in [0, 0.05) is 0 Å². The summed E-state index contributed by atoms with van der Waals surface area (Å²) in [6, 6.07) is 15.6. The van der Waals surface area contributed by atoms with Crippen molar-refractivity contribution in [1.29, 1.82) is 0 Å². The average molecular weight is 395 g/mol. The van der Waals surface area contributed by atoms with Gasteiger partial charge in [0.1, 0.15) is 5.75 Å². The summed E-state index contributed by atoms with van der Waals surface area (Å²) in [6.45, 7) is 28.5. The Hall–Kier alpha value is -3.06. The van der Waals surface area contributed by atoms with Gasteiger partial charge in [0.25, 0.3) is 0 Å². The highest BCUT2D eigenvalue weighted by Crippen LogP contribution is 2.17. The third kappa shape index (κ3) is 29.9. The number of rotatable bonds is 1. The van der Waals surface area contributed by atoms with Gasteiger partial charge < -0.3 is 5.11 Å². The summed E-state index contributed by atoms with van der Waals surface area (Å²) in [5, 5.41) is 9.10. The molecule has 0 aliphatic rings. The highest BCUT2D eigenvalue weighted by atomic mass is 16.3. The fraction of sp³-hybridized carbons (Fsp3) is 0.214. The van der Waals surface area contributed by atoms with Crippen LogP contribution in [0.1, 0.15) is 44.4 Å². The van der Waals surface area contributed by atoms with Crippen molar-refractivity contribution in [3.05, 3.63) is 122 Å². The van der Waals surface area contributed by atoms with E-state index >= 15 is 0 Å². The lowest BCUT2D eigenvalue weighted by atomic mass is 10.1. The zero-order chi connectivity index (χ0) is 23.5. The fourth-order valence-corrected chi connectivity index (χ4v) is 1.32. The van der Waals surface area contributed by atoms with Crippen molar-refractivity contribution in [2.24, 2.45) is 0 Å². The molecule has 0 saturated carbocycles. The molecule has 0 saturated heterocycles. The fourth-order valence-electron chi connectivity index (χ4n) is 1.32. The predicted octanol–water partition coefficient (Wildman–Crippen LogP) is 9.11. The second kappa shape index (κ2) is 29.7. The number of aromatic hydroxyl groups is 1. The zero-order valence-electron chi connectivity index (χ0n) is 19.5. The van der Waals surface area contributed by atoms with Crippen LogP contribution in [0.2, 0.25) is 0 Å². The van der Waals surface area contributed by atoms with E-state index in [9.17, 15) is 0 Å². The molecule has 0 aliphatic heterocycles. The normalized spacial score (nSPS) is 7.10. The molecule has 0 heterocycles. The van der Waals surface area contributed by atoms with Crippen LogP contribution in [-0.4, -0.2) is 5.11 Å². The largest absolute Gasteiger partial charge is 0.508 e. The van der Waals surface area contributed by atoms with Crippen LogP contribution in [0.3, 0.4) is 0 Å². The molecule has 0 aromatic heterocycles. The van der Waals surface area contributed by atoms with Crippen molar-refractivity contribution in [3.63, 3.8) is 0 Å². The third-order valence-corrected chi connectivity index (χ3v) is 2.61. The van der Waals surface area contributed by atoms with E-state index in [-0.39, 0.29) is 0 Å². The number of aryl methyl sites for hydroxylation is 1. The van der Waals surface area contributed by atoms with Gasteiger partial charge in [0.15, 0.2) is 0 Å². The molecule has 0 fully saturated rings. The van der Waals surface area contributed by atoms with E-state index < -0.39 is 0 Å². The summed E-state index contributed by atoms with van der Waals surface area (Å²) in [5.74, 6) is 0.384. The van der Waals surface area contributed by atoms with E-state index in [4.69, 9.17) is 5.11 Å². The molecule has 0 atom stereocenters. The average Bonchev–Trinajstić information content (AvgIpc) is 2.70. The number of phenolic OH excluding ortho intramolecular Hbond substituents is 1. The number of hydrogen-bond acceptors (Lipinski definition) is 1. The topological polar surface area (TPSA) is 20.2 Å². The van der Waals surface area contributed by atoms with E-state index in [2.05, 4.69) is 32.9 Å². The predicted molar refractivity (Wildman–Crippen MR) is 138 cm³/mol. The number of hydrogen-bond donors (Lipinski definition) is 1. The smallest absolute Gasteiger partial charge is 0.118 e. The molecule has 1 N–H and O–H groups in total. The van der Waals surface area contributed by atoms with Crippen LogP contribution < -0.4 is 0 Å². The highest BCUT2D eigenvalue weighted by Gasteiger charge is 1.94. The van der Waals surface area contributed by atoms with Gasteiger partial charge in [-0.25, -0.2) is 0 Å². The van der Waals surface area contributed by atoms with Crippen LogP contribution >= 0.6 is 0 Å². The molecule has 2 aromatic carbocycles. The van der Waals surface area contributed by atoms with Crippen LogP contribution in [0.4, 0.5) is 0 Å². The van der Waals surface area contributed by atoms with E-state index in [1.165, 1.54) is 5.56 Å². The number of allylic oxidation sites excluding steroid dienone is 4. The zero-order valence-corrected chi connectivity index (χ0v) is 19.5. The lowest BCUT2D eigenvalue weighted by molar-refractivity contribution is 0.470. The first-order valence-electron chi connectivity index (χ1n) is 9.52. The molecule has 0 unspecified atom stereocenters. The van der Waals surface area contributed by atoms with Crippen molar-refractivity contribution in [3.8, 4) is 5.75 Å². The molecule has 1 nitrogen and oxygen atoms in total. The molecule has 0 aliphatic carbocycles. The Bertz CT molecular complexity index is 592. The standard InChI is InChI=1S/C8H10O.C8H8.4C3H6/c1-6-4-3-5-8(9)7(6)2;1-2-8-6-4-3-5-7-8;4*1-3-2/h3-5,9H,1-2H3;2-7H,1H2;4*3H,1H2,2H3. The quantitative estimate of drug-likeness (QED) is 0.478. The van der Waals surface area contributed by atoms with Crippen LogP contribution in [0.25, 0.3) is 6.08 Å². The molecule has 0 amide bonds. The number of phenols is 1. The lowest BCUT2D eigenvalue weighted by Gasteiger charge is -1.99. The Morgan fingerprint density at radius 2 is 1.00 bits per heavy atom. The van der Waals surface area contributed by atoms with Gasteiger partial charge in [-0.1, -0.05) is 79.4 Å². The van der Waals surface area contributed by atoms with Crippen LogP contribution in [0, 0.1) is 13.8 Å². The van der Waals surface area contributed by atoms with Gasteiger partial charge >= 0.3 is 0 Å². The maximum absolute atomic E-state index is 9.10. The van der Waals surface area contributed by atoms with Crippen molar-refractivity contribution in [2.45, 2.75) is 41.5 Å². The Labute approximate surface area is 181 Å². The van der Waals surface area contributed by atoms with Gasteiger partial charge in [-0.2, -0.15) is 0 Å². The van der Waals surface area contributed by atoms with Gasteiger partial charge in [0.2, 0.25) is 0 Å². The minimum absolute atomic E-state index is 0.384. The molecule has 160 valence electrons. The van der Waals surface area contributed by atoms with Gasteiger partial charge in [-0.05, 0) is 64.3 Å². The molecule has 2 aromatic rings. The Kier molecular flexibility index (Phi) is 34.3. The first kappa shape index (κ1) is 33.5. The molecule has 2 rings (SSSR count). The summed E-state index contributed by atoms with van der Waals surface area (Å²) >= 11 is 0. The van der Waals surface area contributed by atoms with Crippen LogP contribution in [0.5, 0.6) is 5.75 Å². The maximum Gasteiger partial charge on any atom is 0.118 e.